The van der Waals surface area contributed by atoms with Crippen molar-refractivity contribution in [2.75, 3.05) is 26.2 Å². The highest BCUT2D eigenvalue weighted by atomic mass is 16.6. The van der Waals surface area contributed by atoms with Crippen molar-refractivity contribution in [2.45, 2.75) is 6.61 Å². The molecule has 1 fully saturated rings. The molecule has 0 atom stereocenters. The molecule has 1 heterocycles. The molecule has 0 unspecified atom stereocenters. The number of carbonyl (C=O) groups excluding carboxylic acids is 1. The normalized spacial score (nSPS) is 15.3. The molecule has 1 aliphatic heterocycles. The number of hydrogen-bond donors (Lipinski definition) is 1. The summed E-state index contributed by atoms with van der Waals surface area (Å²) in [4.78, 5) is 13.7. The summed E-state index contributed by atoms with van der Waals surface area (Å²) >= 11 is 0. The molecule has 1 aliphatic rings. The number of carbonyl (C=O) groups is 1. The number of fused-ring (bicyclic) bond motifs is 1. The van der Waals surface area contributed by atoms with Crippen LogP contribution in [0.3, 0.4) is 0 Å². The molecule has 0 spiro atoms. The van der Waals surface area contributed by atoms with Crippen LogP contribution in [-0.2, 0) is 11.3 Å². The highest BCUT2D eigenvalue weighted by molar-refractivity contribution is 5.83. The van der Waals surface area contributed by atoms with Crippen molar-refractivity contribution in [3.63, 3.8) is 0 Å². The lowest BCUT2D eigenvalue weighted by Gasteiger charge is -2.26. The predicted molar refractivity (Wildman–Crippen MR) is 78.6 cm³/mol. The van der Waals surface area contributed by atoms with Crippen molar-refractivity contribution in [3.8, 4) is 0 Å². The van der Waals surface area contributed by atoms with E-state index in [0.29, 0.717) is 6.61 Å². The molecule has 104 valence electrons. The fourth-order valence-corrected chi connectivity index (χ4v) is 2.41. The smallest absolute Gasteiger partial charge is 0.410 e. The molecule has 1 N–H and O–H groups in total. The maximum absolute atomic E-state index is 11.9. The maximum Gasteiger partial charge on any atom is 0.410 e. The van der Waals surface area contributed by atoms with E-state index in [2.05, 4.69) is 29.6 Å². The number of benzene rings is 2. The number of rotatable bonds is 2. The molecular formula is C16H18N2O2. The van der Waals surface area contributed by atoms with Crippen molar-refractivity contribution in [1.29, 1.82) is 0 Å². The van der Waals surface area contributed by atoms with Gasteiger partial charge in [0.2, 0.25) is 0 Å². The average molecular weight is 270 g/mol. The summed E-state index contributed by atoms with van der Waals surface area (Å²) in [6.45, 7) is 3.44. The average Bonchev–Trinajstić information content (AvgIpc) is 2.53. The molecule has 3 rings (SSSR count). The van der Waals surface area contributed by atoms with Gasteiger partial charge in [-0.25, -0.2) is 4.79 Å². The number of nitrogens with zero attached hydrogens (tertiary/aromatic N) is 1. The van der Waals surface area contributed by atoms with Crippen LogP contribution in [0.2, 0.25) is 0 Å². The Kier molecular flexibility index (Phi) is 3.83. The van der Waals surface area contributed by atoms with Crippen LogP contribution >= 0.6 is 0 Å². The van der Waals surface area contributed by atoms with Gasteiger partial charge in [0.05, 0.1) is 0 Å². The summed E-state index contributed by atoms with van der Waals surface area (Å²) in [6, 6.07) is 14.3. The van der Waals surface area contributed by atoms with Crippen LogP contribution in [0.1, 0.15) is 5.56 Å². The second-order valence-corrected chi connectivity index (χ2v) is 4.97. The second-order valence-electron chi connectivity index (χ2n) is 4.97. The Labute approximate surface area is 118 Å². The van der Waals surface area contributed by atoms with Gasteiger partial charge in [-0.3, -0.25) is 0 Å². The van der Waals surface area contributed by atoms with Crippen molar-refractivity contribution in [3.05, 3.63) is 48.0 Å². The van der Waals surface area contributed by atoms with Gasteiger partial charge in [0, 0.05) is 26.2 Å². The summed E-state index contributed by atoms with van der Waals surface area (Å²) in [7, 11) is 0. The number of piperazine rings is 1. The summed E-state index contributed by atoms with van der Waals surface area (Å²) in [5.41, 5.74) is 1.02. The predicted octanol–water partition coefficient (Wildman–Crippen LogP) is 2.38. The van der Waals surface area contributed by atoms with Crippen LogP contribution in [0, 0.1) is 0 Å². The minimum atomic E-state index is -0.223. The fourth-order valence-electron chi connectivity index (χ4n) is 2.41. The molecule has 0 radical (unpaired) electrons. The topological polar surface area (TPSA) is 41.6 Å². The molecule has 2 aromatic carbocycles. The van der Waals surface area contributed by atoms with Gasteiger partial charge < -0.3 is 15.0 Å². The Morgan fingerprint density at radius 3 is 2.65 bits per heavy atom. The molecule has 0 bridgehead atoms. The lowest BCUT2D eigenvalue weighted by atomic mass is 10.1. The Morgan fingerprint density at radius 1 is 1.10 bits per heavy atom. The standard InChI is InChI=1S/C16H18N2O2/c19-16(18-9-7-17-8-10-18)20-12-13-5-6-14-3-1-2-4-15(14)11-13/h1-6,11,17H,7-10,12H2. The van der Waals surface area contributed by atoms with Crippen LogP contribution in [0.15, 0.2) is 42.5 Å². The first kappa shape index (κ1) is 12.9. The van der Waals surface area contributed by atoms with Gasteiger partial charge in [-0.2, -0.15) is 0 Å². The van der Waals surface area contributed by atoms with Gasteiger partial charge in [-0.15, -0.1) is 0 Å². The highest BCUT2D eigenvalue weighted by Gasteiger charge is 2.17. The third kappa shape index (κ3) is 2.91. The summed E-state index contributed by atoms with van der Waals surface area (Å²) < 4.78 is 5.38. The zero-order valence-electron chi connectivity index (χ0n) is 11.3. The van der Waals surface area contributed by atoms with E-state index in [-0.39, 0.29) is 6.09 Å². The number of hydrogen-bond acceptors (Lipinski definition) is 3. The number of ether oxygens (including phenoxy) is 1. The van der Waals surface area contributed by atoms with Crippen molar-refractivity contribution >= 4 is 16.9 Å². The first-order valence-corrected chi connectivity index (χ1v) is 6.93. The Bertz CT molecular complexity index is 606. The highest BCUT2D eigenvalue weighted by Crippen LogP contribution is 2.16. The van der Waals surface area contributed by atoms with E-state index in [4.69, 9.17) is 4.74 Å². The zero-order chi connectivity index (χ0) is 13.8. The largest absolute Gasteiger partial charge is 0.445 e. The van der Waals surface area contributed by atoms with Crippen LogP contribution in [0.25, 0.3) is 10.8 Å². The number of nitrogens with one attached hydrogen (secondary N) is 1. The summed E-state index contributed by atoms with van der Waals surface area (Å²) in [6.07, 6.45) is -0.223. The Morgan fingerprint density at radius 2 is 1.85 bits per heavy atom. The van der Waals surface area contributed by atoms with Crippen LogP contribution < -0.4 is 5.32 Å². The molecule has 0 aromatic heterocycles. The first-order valence-electron chi connectivity index (χ1n) is 6.93. The molecule has 2 aromatic rings. The number of amides is 1. The zero-order valence-corrected chi connectivity index (χ0v) is 11.3. The van der Waals surface area contributed by atoms with Crippen molar-refractivity contribution in [2.24, 2.45) is 0 Å². The van der Waals surface area contributed by atoms with Gasteiger partial charge in [0.1, 0.15) is 6.61 Å². The summed E-state index contributed by atoms with van der Waals surface area (Å²) in [5, 5.41) is 5.58. The lowest BCUT2D eigenvalue weighted by molar-refractivity contribution is 0.0919. The van der Waals surface area contributed by atoms with Crippen LogP contribution in [0.4, 0.5) is 4.79 Å². The molecule has 4 nitrogen and oxygen atoms in total. The van der Waals surface area contributed by atoms with Crippen molar-refractivity contribution in [1.82, 2.24) is 10.2 Å². The Hall–Kier alpha value is -2.07. The molecule has 1 amide bonds. The molecular weight excluding hydrogens is 252 g/mol. The summed E-state index contributed by atoms with van der Waals surface area (Å²) in [5.74, 6) is 0. The minimum absolute atomic E-state index is 0.223. The van der Waals surface area contributed by atoms with Gasteiger partial charge in [0.15, 0.2) is 0 Å². The fraction of sp³-hybridized carbons (Fsp3) is 0.312. The molecule has 0 aliphatic carbocycles. The van der Waals surface area contributed by atoms with Gasteiger partial charge >= 0.3 is 6.09 Å². The van der Waals surface area contributed by atoms with Gasteiger partial charge in [-0.1, -0.05) is 36.4 Å². The molecule has 20 heavy (non-hydrogen) atoms. The molecule has 0 saturated carbocycles. The lowest BCUT2D eigenvalue weighted by Crippen LogP contribution is -2.46. The van der Waals surface area contributed by atoms with E-state index in [1.165, 1.54) is 10.8 Å². The first-order chi connectivity index (χ1) is 9.83. The van der Waals surface area contributed by atoms with Crippen LogP contribution in [0.5, 0.6) is 0 Å². The van der Waals surface area contributed by atoms with Gasteiger partial charge in [0.25, 0.3) is 0 Å². The Balaban J connectivity index is 1.62. The van der Waals surface area contributed by atoms with Crippen molar-refractivity contribution < 1.29 is 9.53 Å². The van der Waals surface area contributed by atoms with E-state index in [9.17, 15) is 4.79 Å². The van der Waals surface area contributed by atoms with E-state index >= 15 is 0 Å². The van der Waals surface area contributed by atoms with Gasteiger partial charge in [-0.05, 0) is 22.4 Å². The quantitative estimate of drug-likeness (QED) is 0.911. The van der Waals surface area contributed by atoms with E-state index in [1.807, 2.05) is 18.2 Å². The third-order valence-electron chi connectivity index (χ3n) is 3.55. The SMILES string of the molecule is O=C(OCc1ccc2ccccc2c1)N1CCNCC1. The maximum atomic E-state index is 11.9. The minimum Gasteiger partial charge on any atom is -0.445 e. The monoisotopic (exact) mass is 270 g/mol. The second kappa shape index (κ2) is 5.92. The van der Waals surface area contributed by atoms with E-state index < -0.39 is 0 Å². The third-order valence-corrected chi connectivity index (χ3v) is 3.55. The molecule has 1 saturated heterocycles. The van der Waals surface area contributed by atoms with Crippen LogP contribution in [-0.4, -0.2) is 37.2 Å². The molecule has 4 heteroatoms. The van der Waals surface area contributed by atoms with E-state index in [1.54, 1.807) is 4.90 Å². The van der Waals surface area contributed by atoms with E-state index in [0.717, 1.165) is 31.7 Å².